The van der Waals surface area contributed by atoms with Crippen molar-refractivity contribution in [2.24, 2.45) is 5.92 Å². The molecule has 0 radical (unpaired) electrons. The van der Waals surface area contributed by atoms with Crippen molar-refractivity contribution in [2.45, 2.75) is 45.4 Å². The van der Waals surface area contributed by atoms with E-state index in [0.29, 0.717) is 23.7 Å². The molecule has 102 valence electrons. The highest BCUT2D eigenvalue weighted by molar-refractivity contribution is 5.99. The maximum Gasteiger partial charge on any atom is 0.308 e. The molecular weight excluding hydrogens is 240 g/mol. The highest BCUT2D eigenvalue weighted by Crippen LogP contribution is 2.30. The van der Waals surface area contributed by atoms with E-state index in [1.54, 1.807) is 24.3 Å². The van der Waals surface area contributed by atoms with Crippen LogP contribution in [0.2, 0.25) is 0 Å². The Morgan fingerprint density at radius 1 is 1.21 bits per heavy atom. The Bertz CT molecular complexity index is 459. The Balaban J connectivity index is 1.99. The van der Waals surface area contributed by atoms with Gasteiger partial charge in [-0.3, -0.25) is 9.59 Å². The fourth-order valence-electron chi connectivity index (χ4n) is 2.71. The summed E-state index contributed by atoms with van der Waals surface area (Å²) in [4.78, 5) is 23.2. The zero-order valence-electron chi connectivity index (χ0n) is 11.4. The van der Waals surface area contributed by atoms with Crippen LogP contribution in [0.15, 0.2) is 24.3 Å². The molecule has 3 nitrogen and oxygen atoms in total. The molecule has 1 aliphatic rings. The van der Waals surface area contributed by atoms with E-state index in [2.05, 4.69) is 0 Å². The van der Waals surface area contributed by atoms with Gasteiger partial charge < -0.3 is 4.74 Å². The average Bonchev–Trinajstić information content (AvgIpc) is 2.89. The monoisotopic (exact) mass is 260 g/mol. The van der Waals surface area contributed by atoms with Crippen LogP contribution >= 0.6 is 0 Å². The van der Waals surface area contributed by atoms with Crippen LogP contribution < -0.4 is 4.74 Å². The molecule has 1 aromatic rings. The van der Waals surface area contributed by atoms with Crippen LogP contribution in [0.5, 0.6) is 5.75 Å². The van der Waals surface area contributed by atoms with Crippen LogP contribution in [0.3, 0.4) is 0 Å². The van der Waals surface area contributed by atoms with Crippen LogP contribution in [-0.2, 0) is 4.79 Å². The Labute approximate surface area is 114 Å². The summed E-state index contributed by atoms with van der Waals surface area (Å²) in [6, 6.07) is 6.97. The van der Waals surface area contributed by atoms with Crippen molar-refractivity contribution in [1.29, 1.82) is 0 Å². The zero-order valence-corrected chi connectivity index (χ0v) is 11.4. The minimum atomic E-state index is -0.393. The summed E-state index contributed by atoms with van der Waals surface area (Å²) < 4.78 is 5.08. The van der Waals surface area contributed by atoms with E-state index in [9.17, 15) is 9.59 Å². The van der Waals surface area contributed by atoms with E-state index in [4.69, 9.17) is 4.74 Å². The second-order valence-corrected chi connectivity index (χ2v) is 5.20. The molecule has 0 spiro atoms. The van der Waals surface area contributed by atoms with Crippen LogP contribution in [-0.4, -0.2) is 11.8 Å². The molecule has 1 aliphatic carbocycles. The SMILES string of the molecule is CC(=O)Oc1ccccc1C(=O)CCC1CCCC1. The van der Waals surface area contributed by atoms with Crippen LogP contribution in [0.4, 0.5) is 0 Å². The summed E-state index contributed by atoms with van der Waals surface area (Å²) in [5, 5.41) is 0. The fraction of sp³-hybridized carbons (Fsp3) is 0.500. The van der Waals surface area contributed by atoms with Gasteiger partial charge in [-0.1, -0.05) is 37.8 Å². The van der Waals surface area contributed by atoms with Crippen molar-refractivity contribution in [3.63, 3.8) is 0 Å². The van der Waals surface area contributed by atoms with Gasteiger partial charge in [-0.05, 0) is 24.5 Å². The van der Waals surface area contributed by atoms with Crippen molar-refractivity contribution in [2.75, 3.05) is 0 Å². The Morgan fingerprint density at radius 3 is 2.58 bits per heavy atom. The van der Waals surface area contributed by atoms with Crippen LogP contribution in [0.1, 0.15) is 55.8 Å². The van der Waals surface area contributed by atoms with Crippen LogP contribution in [0.25, 0.3) is 0 Å². The summed E-state index contributed by atoms with van der Waals surface area (Å²) in [5.74, 6) is 0.760. The van der Waals surface area contributed by atoms with Gasteiger partial charge in [-0.2, -0.15) is 0 Å². The summed E-state index contributed by atoms with van der Waals surface area (Å²) in [5.41, 5.74) is 0.524. The van der Waals surface area contributed by atoms with E-state index < -0.39 is 5.97 Å². The van der Waals surface area contributed by atoms with Gasteiger partial charge in [0.15, 0.2) is 5.78 Å². The number of carbonyl (C=O) groups is 2. The van der Waals surface area contributed by atoms with Gasteiger partial charge in [-0.15, -0.1) is 0 Å². The first-order valence-electron chi connectivity index (χ1n) is 6.97. The lowest BCUT2D eigenvalue weighted by Gasteiger charge is -2.10. The van der Waals surface area contributed by atoms with Gasteiger partial charge in [0.2, 0.25) is 0 Å². The van der Waals surface area contributed by atoms with E-state index in [1.165, 1.54) is 32.6 Å². The molecule has 0 aliphatic heterocycles. The third-order valence-corrected chi connectivity index (χ3v) is 3.70. The lowest BCUT2D eigenvalue weighted by Crippen LogP contribution is -2.08. The second kappa shape index (κ2) is 6.50. The molecule has 0 saturated heterocycles. The summed E-state index contributed by atoms with van der Waals surface area (Å²) in [6.07, 6.45) is 6.58. The predicted octanol–water partition coefficient (Wildman–Crippen LogP) is 3.77. The Hall–Kier alpha value is -1.64. The molecule has 0 bridgehead atoms. The number of ether oxygens (including phenoxy) is 1. The highest BCUT2D eigenvalue weighted by Gasteiger charge is 2.18. The Kier molecular flexibility index (Phi) is 4.72. The van der Waals surface area contributed by atoms with Gasteiger partial charge in [0.25, 0.3) is 0 Å². The van der Waals surface area contributed by atoms with Crippen molar-refractivity contribution in [3.05, 3.63) is 29.8 Å². The number of carbonyl (C=O) groups excluding carboxylic acids is 2. The van der Waals surface area contributed by atoms with E-state index in [1.807, 2.05) is 0 Å². The maximum atomic E-state index is 12.2. The predicted molar refractivity (Wildman–Crippen MR) is 73.3 cm³/mol. The molecule has 0 atom stereocenters. The molecule has 1 aromatic carbocycles. The molecule has 0 aromatic heterocycles. The highest BCUT2D eigenvalue weighted by atomic mass is 16.5. The number of benzene rings is 1. The molecule has 0 amide bonds. The number of esters is 1. The minimum absolute atomic E-state index is 0.0729. The molecule has 1 saturated carbocycles. The second-order valence-electron chi connectivity index (χ2n) is 5.20. The van der Waals surface area contributed by atoms with Gasteiger partial charge in [0.05, 0.1) is 5.56 Å². The number of para-hydroxylation sites is 1. The third kappa shape index (κ3) is 3.91. The lowest BCUT2D eigenvalue weighted by atomic mass is 9.97. The smallest absolute Gasteiger partial charge is 0.308 e. The molecule has 1 fully saturated rings. The first kappa shape index (κ1) is 13.8. The van der Waals surface area contributed by atoms with Crippen molar-refractivity contribution >= 4 is 11.8 Å². The number of rotatable bonds is 5. The van der Waals surface area contributed by atoms with E-state index in [-0.39, 0.29) is 5.78 Å². The molecular formula is C16H20O3. The normalized spacial score (nSPS) is 15.4. The third-order valence-electron chi connectivity index (χ3n) is 3.70. The summed E-state index contributed by atoms with van der Waals surface area (Å²) in [6.45, 7) is 1.35. The molecule has 3 heteroatoms. The lowest BCUT2D eigenvalue weighted by molar-refractivity contribution is -0.131. The molecule has 2 rings (SSSR count). The first-order chi connectivity index (χ1) is 9.16. The summed E-state index contributed by atoms with van der Waals surface area (Å²) >= 11 is 0. The van der Waals surface area contributed by atoms with Gasteiger partial charge >= 0.3 is 5.97 Å². The van der Waals surface area contributed by atoms with Crippen molar-refractivity contribution < 1.29 is 14.3 Å². The fourth-order valence-corrected chi connectivity index (χ4v) is 2.71. The van der Waals surface area contributed by atoms with E-state index in [0.717, 1.165) is 6.42 Å². The summed E-state index contributed by atoms with van der Waals surface area (Å²) in [7, 11) is 0. The number of hydrogen-bond acceptors (Lipinski definition) is 3. The van der Waals surface area contributed by atoms with Crippen molar-refractivity contribution in [3.8, 4) is 5.75 Å². The zero-order chi connectivity index (χ0) is 13.7. The minimum Gasteiger partial charge on any atom is -0.426 e. The number of ketones is 1. The Morgan fingerprint density at radius 2 is 1.89 bits per heavy atom. The molecule has 0 N–H and O–H groups in total. The van der Waals surface area contributed by atoms with Gasteiger partial charge in [0, 0.05) is 13.3 Å². The topological polar surface area (TPSA) is 43.4 Å². The maximum absolute atomic E-state index is 12.2. The van der Waals surface area contributed by atoms with Crippen molar-refractivity contribution in [1.82, 2.24) is 0 Å². The number of Topliss-reactive ketones (excluding diaryl/α,β-unsaturated/α-hetero) is 1. The van der Waals surface area contributed by atoms with E-state index >= 15 is 0 Å². The quantitative estimate of drug-likeness (QED) is 0.460. The van der Waals surface area contributed by atoms with Gasteiger partial charge in [-0.25, -0.2) is 0 Å². The first-order valence-corrected chi connectivity index (χ1v) is 6.97. The average molecular weight is 260 g/mol. The largest absolute Gasteiger partial charge is 0.426 e. The number of hydrogen-bond donors (Lipinski definition) is 0. The molecule has 0 heterocycles. The van der Waals surface area contributed by atoms with Crippen LogP contribution in [0, 0.1) is 5.92 Å². The van der Waals surface area contributed by atoms with Gasteiger partial charge in [0.1, 0.15) is 5.75 Å². The standard InChI is InChI=1S/C16H20O3/c1-12(17)19-16-9-5-4-8-14(16)15(18)11-10-13-6-2-3-7-13/h4-5,8-9,13H,2-3,6-7,10-11H2,1H3. The molecule has 19 heavy (non-hydrogen) atoms. The molecule has 0 unspecified atom stereocenters.